The summed E-state index contributed by atoms with van der Waals surface area (Å²) in [7, 11) is 0. The number of fused-ring (bicyclic) bond motifs is 2. The van der Waals surface area contributed by atoms with Crippen molar-refractivity contribution < 1.29 is 5.11 Å². The fourth-order valence-corrected chi connectivity index (χ4v) is 3.85. The molecule has 2 aliphatic carbocycles. The lowest BCUT2D eigenvalue weighted by molar-refractivity contribution is 0.109. The third-order valence-corrected chi connectivity index (χ3v) is 5.55. The van der Waals surface area contributed by atoms with Crippen LogP contribution in [0.15, 0.2) is 0 Å². The first-order valence-electron chi connectivity index (χ1n) is 6.28. The van der Waals surface area contributed by atoms with Crippen LogP contribution >= 0.6 is 0 Å². The molecule has 2 saturated carbocycles. The van der Waals surface area contributed by atoms with Gasteiger partial charge in [0.2, 0.25) is 0 Å². The zero-order valence-corrected chi connectivity index (χ0v) is 10.5. The Labute approximate surface area is 93.5 Å². The molecule has 4 atom stereocenters. The Balaban J connectivity index is 2.12. The van der Waals surface area contributed by atoms with E-state index in [1.807, 2.05) is 0 Å². The quantitative estimate of drug-likeness (QED) is 0.750. The van der Waals surface area contributed by atoms with E-state index in [1.54, 1.807) is 0 Å². The fourth-order valence-electron chi connectivity index (χ4n) is 3.85. The molecule has 0 aromatic carbocycles. The fraction of sp³-hybridized carbons (Fsp3) is 1.00. The molecule has 0 amide bonds. The molecule has 2 nitrogen and oxygen atoms in total. The number of hydrogen-bond donors (Lipinski definition) is 2. The van der Waals surface area contributed by atoms with Crippen LogP contribution in [0.4, 0.5) is 0 Å². The van der Waals surface area contributed by atoms with Crippen molar-refractivity contribution in [2.45, 2.75) is 59.0 Å². The maximum Gasteiger partial charge on any atom is 0.0582 e. The maximum atomic E-state index is 9.12. The van der Waals surface area contributed by atoms with Gasteiger partial charge in [-0.25, -0.2) is 0 Å². The summed E-state index contributed by atoms with van der Waals surface area (Å²) in [6, 6.07) is 0.843. The van der Waals surface area contributed by atoms with Gasteiger partial charge in [-0.15, -0.1) is 0 Å². The average Bonchev–Trinajstić information content (AvgIpc) is 2.50. The molecule has 0 heterocycles. The minimum absolute atomic E-state index is 0.238. The first kappa shape index (κ1) is 11.4. The van der Waals surface area contributed by atoms with Gasteiger partial charge in [0.15, 0.2) is 0 Å². The first-order chi connectivity index (χ1) is 6.91. The Morgan fingerprint density at radius 1 is 1.40 bits per heavy atom. The van der Waals surface area contributed by atoms with Crippen molar-refractivity contribution in [3.05, 3.63) is 0 Å². The van der Waals surface area contributed by atoms with E-state index in [9.17, 15) is 0 Å². The third kappa shape index (κ3) is 1.45. The van der Waals surface area contributed by atoms with Crippen LogP contribution in [-0.2, 0) is 0 Å². The van der Waals surface area contributed by atoms with E-state index in [0.717, 1.165) is 5.92 Å². The van der Waals surface area contributed by atoms with E-state index in [-0.39, 0.29) is 12.6 Å². The van der Waals surface area contributed by atoms with Crippen molar-refractivity contribution in [1.82, 2.24) is 5.32 Å². The van der Waals surface area contributed by atoms with Gasteiger partial charge in [0.25, 0.3) is 0 Å². The Bertz CT molecular complexity index is 251. The third-order valence-electron chi connectivity index (χ3n) is 5.55. The normalized spacial score (nSPS) is 44.6. The van der Waals surface area contributed by atoms with Crippen LogP contribution in [0.1, 0.15) is 47.0 Å². The number of aliphatic hydroxyl groups is 1. The van der Waals surface area contributed by atoms with Gasteiger partial charge in [0.1, 0.15) is 0 Å². The second-order valence-electron chi connectivity index (χ2n) is 6.41. The van der Waals surface area contributed by atoms with Gasteiger partial charge in [0, 0.05) is 12.1 Å². The van der Waals surface area contributed by atoms with E-state index in [0.29, 0.717) is 16.9 Å². The first-order valence-corrected chi connectivity index (χ1v) is 6.28. The molecule has 0 aliphatic heterocycles. The van der Waals surface area contributed by atoms with Crippen molar-refractivity contribution in [3.8, 4) is 0 Å². The summed E-state index contributed by atoms with van der Waals surface area (Å²) in [6.07, 6.45) is 4.05. The van der Waals surface area contributed by atoms with Gasteiger partial charge in [-0.2, -0.15) is 0 Å². The van der Waals surface area contributed by atoms with Crippen LogP contribution < -0.4 is 5.32 Å². The largest absolute Gasteiger partial charge is 0.395 e. The molecule has 0 saturated heterocycles. The van der Waals surface area contributed by atoms with Gasteiger partial charge in [-0.05, 0) is 42.9 Å². The molecule has 2 N–H and O–H groups in total. The lowest BCUT2D eigenvalue weighted by atomic mass is 9.69. The summed E-state index contributed by atoms with van der Waals surface area (Å²) in [5.41, 5.74) is 0.904. The van der Waals surface area contributed by atoms with Crippen molar-refractivity contribution >= 4 is 0 Å². The van der Waals surface area contributed by atoms with Gasteiger partial charge in [-0.3, -0.25) is 0 Å². The molecule has 2 fully saturated rings. The minimum atomic E-state index is 0.238. The molecule has 0 aromatic rings. The van der Waals surface area contributed by atoms with Crippen LogP contribution in [-0.4, -0.2) is 23.8 Å². The van der Waals surface area contributed by atoms with Gasteiger partial charge >= 0.3 is 0 Å². The highest BCUT2D eigenvalue weighted by Crippen LogP contribution is 2.65. The Hall–Kier alpha value is -0.0800. The highest BCUT2D eigenvalue weighted by Gasteiger charge is 2.61. The van der Waals surface area contributed by atoms with Crippen molar-refractivity contribution in [2.24, 2.45) is 16.7 Å². The molecule has 0 aromatic heterocycles. The molecular weight excluding hydrogens is 186 g/mol. The van der Waals surface area contributed by atoms with Crippen LogP contribution in [0.5, 0.6) is 0 Å². The van der Waals surface area contributed by atoms with Crippen molar-refractivity contribution in [2.75, 3.05) is 6.61 Å². The smallest absolute Gasteiger partial charge is 0.0582 e. The zero-order valence-electron chi connectivity index (χ0n) is 10.5. The molecule has 2 bridgehead atoms. The molecule has 0 spiro atoms. The number of aliphatic hydroxyl groups excluding tert-OH is 1. The molecule has 88 valence electrons. The lowest BCUT2D eigenvalue weighted by Crippen LogP contribution is -2.48. The van der Waals surface area contributed by atoms with Gasteiger partial charge in [-0.1, -0.05) is 20.8 Å². The monoisotopic (exact) mass is 211 g/mol. The van der Waals surface area contributed by atoms with Crippen molar-refractivity contribution in [1.29, 1.82) is 0 Å². The molecule has 2 heteroatoms. The molecule has 2 aliphatic rings. The number of nitrogens with one attached hydrogen (secondary N) is 1. The summed E-state index contributed by atoms with van der Waals surface area (Å²) < 4.78 is 0. The molecule has 15 heavy (non-hydrogen) atoms. The molecule has 2 rings (SSSR count). The highest BCUT2D eigenvalue weighted by molar-refractivity contribution is 5.13. The predicted molar refractivity (Wildman–Crippen MR) is 62.7 cm³/mol. The molecule has 0 radical (unpaired) electrons. The van der Waals surface area contributed by atoms with Gasteiger partial charge in [0.05, 0.1) is 6.61 Å². The summed E-state index contributed by atoms with van der Waals surface area (Å²) in [5, 5.41) is 12.7. The Morgan fingerprint density at radius 2 is 2.07 bits per heavy atom. The topological polar surface area (TPSA) is 32.3 Å². The van der Waals surface area contributed by atoms with Crippen molar-refractivity contribution in [3.63, 3.8) is 0 Å². The SMILES string of the molecule is C[C@H](CO)N[C@H]1C[C@H]2CC[C@@]1(C)C2(C)C. The predicted octanol–water partition coefficient (Wildman–Crippen LogP) is 2.17. The Morgan fingerprint density at radius 3 is 2.47 bits per heavy atom. The second kappa shape index (κ2) is 3.46. The summed E-state index contributed by atoms with van der Waals surface area (Å²) in [4.78, 5) is 0. The van der Waals surface area contributed by atoms with Gasteiger partial charge < -0.3 is 10.4 Å². The summed E-state index contributed by atoms with van der Waals surface area (Å²) >= 11 is 0. The standard InChI is InChI=1S/C13H25NO/c1-9(8-15)14-11-7-10-5-6-13(11,4)12(10,2)3/h9-11,14-15H,5-8H2,1-4H3/t9-,10-,11+,13-/m1/s1. The molecular formula is C13H25NO. The summed E-state index contributed by atoms with van der Waals surface area (Å²) in [5.74, 6) is 0.880. The number of rotatable bonds is 3. The van der Waals surface area contributed by atoms with Crippen LogP contribution in [0.2, 0.25) is 0 Å². The van der Waals surface area contributed by atoms with E-state index in [2.05, 4.69) is 33.0 Å². The maximum absolute atomic E-state index is 9.12. The average molecular weight is 211 g/mol. The van der Waals surface area contributed by atoms with Crippen LogP contribution in [0.25, 0.3) is 0 Å². The van der Waals surface area contributed by atoms with E-state index in [4.69, 9.17) is 5.11 Å². The highest BCUT2D eigenvalue weighted by atomic mass is 16.3. The Kier molecular flexibility index (Phi) is 2.63. The molecule has 0 unspecified atom stereocenters. The van der Waals surface area contributed by atoms with E-state index >= 15 is 0 Å². The number of hydrogen-bond acceptors (Lipinski definition) is 2. The lowest BCUT2D eigenvalue weighted by Gasteiger charge is -2.40. The van der Waals surface area contributed by atoms with E-state index in [1.165, 1.54) is 19.3 Å². The van der Waals surface area contributed by atoms with Crippen LogP contribution in [0.3, 0.4) is 0 Å². The van der Waals surface area contributed by atoms with E-state index < -0.39 is 0 Å². The second-order valence-corrected chi connectivity index (χ2v) is 6.41. The summed E-state index contributed by atoms with van der Waals surface area (Å²) in [6.45, 7) is 9.60. The minimum Gasteiger partial charge on any atom is -0.395 e. The van der Waals surface area contributed by atoms with Crippen LogP contribution in [0, 0.1) is 16.7 Å². The zero-order chi connectivity index (χ0) is 11.3.